The summed E-state index contributed by atoms with van der Waals surface area (Å²) in [6, 6.07) is 12.7. The summed E-state index contributed by atoms with van der Waals surface area (Å²) in [7, 11) is 0. The normalized spacial score (nSPS) is 11.2. The second kappa shape index (κ2) is 6.22. The van der Waals surface area contributed by atoms with Crippen LogP contribution >= 0.6 is 23.2 Å². The lowest BCUT2D eigenvalue weighted by Gasteiger charge is -2.01. The van der Waals surface area contributed by atoms with Crippen LogP contribution in [0.4, 0.5) is 5.95 Å². The Balaban J connectivity index is 1.76. The SMILES string of the molecule is O=C(C=Cc1c(Cl)cccc1Cl)Nc1nc2ccccc2[nH]1. The lowest BCUT2D eigenvalue weighted by atomic mass is 10.2. The van der Waals surface area contributed by atoms with E-state index in [4.69, 9.17) is 23.2 Å². The van der Waals surface area contributed by atoms with Gasteiger partial charge in [-0.15, -0.1) is 0 Å². The van der Waals surface area contributed by atoms with Crippen molar-refractivity contribution in [3.8, 4) is 0 Å². The van der Waals surface area contributed by atoms with Crippen molar-refractivity contribution in [2.24, 2.45) is 0 Å². The van der Waals surface area contributed by atoms with Crippen molar-refractivity contribution in [2.75, 3.05) is 5.32 Å². The number of hydrogen-bond acceptors (Lipinski definition) is 2. The van der Waals surface area contributed by atoms with E-state index in [1.807, 2.05) is 24.3 Å². The topological polar surface area (TPSA) is 57.8 Å². The number of H-pyrrole nitrogens is 1. The van der Waals surface area contributed by atoms with E-state index >= 15 is 0 Å². The Morgan fingerprint density at radius 3 is 2.55 bits per heavy atom. The first-order chi connectivity index (χ1) is 10.6. The number of aromatic amines is 1. The molecular formula is C16H11Cl2N3O. The van der Waals surface area contributed by atoms with Crippen molar-refractivity contribution < 1.29 is 4.79 Å². The van der Waals surface area contributed by atoms with Gasteiger partial charge in [-0.25, -0.2) is 4.98 Å². The first kappa shape index (κ1) is 14.6. The van der Waals surface area contributed by atoms with Crippen LogP contribution in [0.2, 0.25) is 10.0 Å². The number of halogens is 2. The molecule has 0 aliphatic heterocycles. The van der Waals surface area contributed by atoms with Gasteiger partial charge in [0.1, 0.15) is 0 Å². The van der Waals surface area contributed by atoms with E-state index in [9.17, 15) is 4.79 Å². The molecule has 0 aliphatic carbocycles. The molecule has 110 valence electrons. The Morgan fingerprint density at radius 1 is 1.09 bits per heavy atom. The molecule has 1 aromatic heterocycles. The van der Waals surface area contributed by atoms with Crippen LogP contribution in [0, 0.1) is 0 Å². The predicted octanol–water partition coefficient (Wildman–Crippen LogP) is 4.52. The maximum Gasteiger partial charge on any atom is 0.250 e. The molecular weight excluding hydrogens is 321 g/mol. The monoisotopic (exact) mass is 331 g/mol. The van der Waals surface area contributed by atoms with Crippen LogP contribution in [0.3, 0.4) is 0 Å². The Bertz CT molecular complexity index is 817. The molecule has 0 bridgehead atoms. The Morgan fingerprint density at radius 2 is 1.82 bits per heavy atom. The van der Waals surface area contributed by atoms with Gasteiger partial charge in [0, 0.05) is 21.7 Å². The minimum Gasteiger partial charge on any atom is -0.324 e. The number of imidazole rings is 1. The Hall–Kier alpha value is -2.30. The number of nitrogens with one attached hydrogen (secondary N) is 2. The summed E-state index contributed by atoms with van der Waals surface area (Å²) < 4.78 is 0. The smallest absolute Gasteiger partial charge is 0.250 e. The molecule has 0 spiro atoms. The number of fused-ring (bicyclic) bond motifs is 1. The van der Waals surface area contributed by atoms with E-state index in [0.29, 0.717) is 21.6 Å². The number of hydrogen-bond donors (Lipinski definition) is 2. The number of nitrogens with zero attached hydrogens (tertiary/aromatic N) is 1. The van der Waals surface area contributed by atoms with Crippen LogP contribution in [0.1, 0.15) is 5.56 Å². The molecule has 0 radical (unpaired) electrons. The highest BCUT2D eigenvalue weighted by Crippen LogP contribution is 2.25. The fraction of sp³-hybridized carbons (Fsp3) is 0. The third-order valence-electron chi connectivity index (χ3n) is 3.03. The van der Waals surface area contributed by atoms with Gasteiger partial charge in [0.25, 0.3) is 5.91 Å². The molecule has 22 heavy (non-hydrogen) atoms. The number of amides is 1. The van der Waals surface area contributed by atoms with Gasteiger partial charge in [-0.05, 0) is 30.3 Å². The number of anilines is 1. The van der Waals surface area contributed by atoms with E-state index in [2.05, 4.69) is 15.3 Å². The molecule has 1 amide bonds. The summed E-state index contributed by atoms with van der Waals surface area (Å²) in [4.78, 5) is 19.2. The third-order valence-corrected chi connectivity index (χ3v) is 3.69. The minimum atomic E-state index is -0.324. The van der Waals surface area contributed by atoms with Gasteiger partial charge in [-0.2, -0.15) is 0 Å². The molecule has 0 fully saturated rings. The van der Waals surface area contributed by atoms with Crippen LogP contribution in [0.5, 0.6) is 0 Å². The molecule has 6 heteroatoms. The first-order valence-corrected chi connectivity index (χ1v) is 7.27. The summed E-state index contributed by atoms with van der Waals surface area (Å²) in [5.74, 6) is 0.0659. The van der Waals surface area contributed by atoms with Gasteiger partial charge in [0.15, 0.2) is 0 Å². The molecule has 2 aromatic carbocycles. The molecule has 0 saturated heterocycles. The highest BCUT2D eigenvalue weighted by Gasteiger charge is 2.05. The quantitative estimate of drug-likeness (QED) is 0.693. The molecule has 0 atom stereocenters. The van der Waals surface area contributed by atoms with Gasteiger partial charge >= 0.3 is 0 Å². The van der Waals surface area contributed by atoms with E-state index in [1.165, 1.54) is 6.08 Å². The average molecular weight is 332 g/mol. The van der Waals surface area contributed by atoms with Crippen molar-refractivity contribution in [3.63, 3.8) is 0 Å². The molecule has 0 aliphatic rings. The van der Waals surface area contributed by atoms with Crippen LogP contribution in [0.15, 0.2) is 48.5 Å². The number of para-hydroxylation sites is 2. The Labute approximate surface area is 136 Å². The van der Waals surface area contributed by atoms with Crippen LogP contribution in [-0.4, -0.2) is 15.9 Å². The van der Waals surface area contributed by atoms with Crippen molar-refractivity contribution in [3.05, 3.63) is 64.1 Å². The zero-order chi connectivity index (χ0) is 15.5. The predicted molar refractivity (Wildman–Crippen MR) is 90.2 cm³/mol. The second-order valence-electron chi connectivity index (χ2n) is 4.56. The zero-order valence-electron chi connectivity index (χ0n) is 11.3. The molecule has 2 N–H and O–H groups in total. The number of rotatable bonds is 3. The molecule has 3 rings (SSSR count). The van der Waals surface area contributed by atoms with E-state index in [1.54, 1.807) is 24.3 Å². The van der Waals surface area contributed by atoms with Crippen molar-refractivity contribution >= 4 is 52.2 Å². The number of benzene rings is 2. The zero-order valence-corrected chi connectivity index (χ0v) is 12.8. The summed E-state index contributed by atoms with van der Waals surface area (Å²) in [6.07, 6.45) is 2.93. The highest BCUT2D eigenvalue weighted by atomic mass is 35.5. The lowest BCUT2D eigenvalue weighted by Crippen LogP contribution is -2.08. The van der Waals surface area contributed by atoms with Gasteiger partial charge in [0.05, 0.1) is 11.0 Å². The van der Waals surface area contributed by atoms with E-state index < -0.39 is 0 Å². The Kier molecular flexibility index (Phi) is 4.13. The molecule has 3 aromatic rings. The van der Waals surface area contributed by atoms with Crippen molar-refractivity contribution in [2.45, 2.75) is 0 Å². The standard InChI is InChI=1S/C16H11Cl2N3O/c17-11-4-3-5-12(18)10(11)8-9-15(22)21-16-19-13-6-1-2-7-14(13)20-16/h1-9H,(H2,19,20,21,22). The fourth-order valence-electron chi connectivity index (χ4n) is 2.00. The van der Waals surface area contributed by atoms with Crippen LogP contribution in [0.25, 0.3) is 17.1 Å². The van der Waals surface area contributed by atoms with Crippen LogP contribution < -0.4 is 5.32 Å². The third kappa shape index (κ3) is 3.13. The largest absolute Gasteiger partial charge is 0.324 e. The number of aromatic nitrogens is 2. The van der Waals surface area contributed by atoms with Crippen molar-refractivity contribution in [1.82, 2.24) is 9.97 Å². The van der Waals surface area contributed by atoms with Gasteiger partial charge in [0.2, 0.25) is 5.95 Å². The molecule has 4 nitrogen and oxygen atoms in total. The fourth-order valence-corrected chi connectivity index (χ4v) is 2.52. The number of carbonyl (C=O) groups excluding carboxylic acids is 1. The average Bonchev–Trinajstić information content (AvgIpc) is 2.88. The number of carbonyl (C=O) groups is 1. The van der Waals surface area contributed by atoms with Gasteiger partial charge < -0.3 is 4.98 Å². The van der Waals surface area contributed by atoms with E-state index in [0.717, 1.165) is 11.0 Å². The summed E-state index contributed by atoms with van der Waals surface area (Å²) in [5.41, 5.74) is 2.25. The molecule has 0 unspecified atom stereocenters. The second-order valence-corrected chi connectivity index (χ2v) is 5.37. The summed E-state index contributed by atoms with van der Waals surface area (Å²) in [5, 5.41) is 3.63. The lowest BCUT2D eigenvalue weighted by molar-refractivity contribution is -0.111. The molecule has 0 saturated carbocycles. The van der Waals surface area contributed by atoms with Crippen molar-refractivity contribution in [1.29, 1.82) is 0 Å². The summed E-state index contributed by atoms with van der Waals surface area (Å²) in [6.45, 7) is 0. The van der Waals surface area contributed by atoms with Gasteiger partial charge in [-0.1, -0.05) is 41.4 Å². The minimum absolute atomic E-state index is 0.324. The maximum absolute atomic E-state index is 11.9. The van der Waals surface area contributed by atoms with E-state index in [-0.39, 0.29) is 5.91 Å². The summed E-state index contributed by atoms with van der Waals surface area (Å²) >= 11 is 12.1. The maximum atomic E-state index is 11.9. The first-order valence-electron chi connectivity index (χ1n) is 6.51. The highest BCUT2D eigenvalue weighted by molar-refractivity contribution is 6.37. The van der Waals surface area contributed by atoms with Gasteiger partial charge in [-0.3, -0.25) is 10.1 Å². The van der Waals surface area contributed by atoms with Crippen LogP contribution in [-0.2, 0) is 4.79 Å². The molecule has 1 heterocycles.